The first kappa shape index (κ1) is 18.7. The van der Waals surface area contributed by atoms with Crippen LogP contribution in [0.1, 0.15) is 21.3 Å². The predicted octanol–water partition coefficient (Wildman–Crippen LogP) is 2.58. The van der Waals surface area contributed by atoms with Gasteiger partial charge in [0.25, 0.3) is 5.91 Å². The largest absolute Gasteiger partial charge is 0.497 e. The molecule has 4 rings (SSSR count). The van der Waals surface area contributed by atoms with E-state index in [9.17, 15) is 9.59 Å². The first-order chi connectivity index (χ1) is 13.5. The van der Waals surface area contributed by atoms with E-state index in [0.717, 1.165) is 11.3 Å². The summed E-state index contributed by atoms with van der Waals surface area (Å²) in [6, 6.07) is 7.86. The van der Waals surface area contributed by atoms with Gasteiger partial charge in [-0.15, -0.1) is 11.3 Å². The monoisotopic (exact) mass is 400 g/mol. The maximum absolute atomic E-state index is 12.8. The van der Waals surface area contributed by atoms with Crippen LogP contribution >= 0.6 is 11.3 Å². The number of rotatable bonds is 3. The van der Waals surface area contributed by atoms with E-state index >= 15 is 0 Å². The Morgan fingerprint density at radius 2 is 1.93 bits per heavy atom. The van der Waals surface area contributed by atoms with Gasteiger partial charge in [0.05, 0.1) is 24.9 Å². The number of methoxy groups -OCH3 is 1. The Balaban J connectivity index is 1.61. The lowest BCUT2D eigenvalue weighted by Crippen LogP contribution is -2.42. The summed E-state index contributed by atoms with van der Waals surface area (Å²) in [5.41, 5.74) is 2.76. The van der Waals surface area contributed by atoms with Crippen molar-refractivity contribution in [1.29, 1.82) is 0 Å². The van der Waals surface area contributed by atoms with Crippen molar-refractivity contribution in [3.8, 4) is 5.75 Å². The van der Waals surface area contributed by atoms with E-state index in [0.29, 0.717) is 24.5 Å². The molecule has 0 radical (unpaired) electrons. The van der Waals surface area contributed by atoms with Gasteiger partial charge in [-0.2, -0.15) is 0 Å². The Bertz CT molecular complexity index is 853. The number of fused-ring (bicyclic) bond motifs is 1. The Morgan fingerprint density at radius 1 is 1.18 bits per heavy atom. The molecule has 0 N–H and O–H groups in total. The van der Waals surface area contributed by atoms with E-state index in [-0.39, 0.29) is 29.8 Å². The number of likely N-dealkylation sites (tertiary alicyclic amines) is 2. The Morgan fingerprint density at radius 3 is 2.54 bits per heavy atom. The van der Waals surface area contributed by atoms with E-state index in [1.54, 1.807) is 37.8 Å². The van der Waals surface area contributed by atoms with Crippen molar-refractivity contribution in [1.82, 2.24) is 19.7 Å². The number of hydrogen-bond acceptors (Lipinski definition) is 5. The molecule has 2 aliphatic rings. The molecule has 28 heavy (non-hydrogen) atoms. The van der Waals surface area contributed by atoms with Crippen LogP contribution in [0.4, 0.5) is 4.79 Å². The van der Waals surface area contributed by atoms with Crippen LogP contribution in [0.5, 0.6) is 5.75 Å². The maximum atomic E-state index is 12.8. The molecule has 2 aromatic rings. The molecule has 0 bridgehead atoms. The number of aromatic nitrogens is 1. The molecule has 3 amide bonds. The highest BCUT2D eigenvalue weighted by Gasteiger charge is 2.50. The zero-order valence-electron chi connectivity index (χ0n) is 16.2. The fourth-order valence-corrected chi connectivity index (χ4v) is 4.96. The molecule has 0 aliphatic carbocycles. The highest BCUT2D eigenvalue weighted by molar-refractivity contribution is 7.11. The minimum absolute atomic E-state index is 0.00977. The molecule has 7 nitrogen and oxygen atoms in total. The van der Waals surface area contributed by atoms with Crippen molar-refractivity contribution in [2.24, 2.45) is 11.8 Å². The summed E-state index contributed by atoms with van der Waals surface area (Å²) in [5, 5.41) is 0. The van der Waals surface area contributed by atoms with Crippen molar-refractivity contribution in [3.05, 3.63) is 46.4 Å². The van der Waals surface area contributed by atoms with Gasteiger partial charge < -0.3 is 19.4 Å². The number of carbonyl (C=O) groups excluding carboxylic acids is 2. The maximum Gasteiger partial charge on any atom is 0.320 e. The van der Waals surface area contributed by atoms with Crippen LogP contribution < -0.4 is 4.74 Å². The first-order valence-corrected chi connectivity index (χ1v) is 10.2. The molecular weight excluding hydrogens is 376 g/mol. The van der Waals surface area contributed by atoms with Crippen LogP contribution in [0.2, 0.25) is 0 Å². The van der Waals surface area contributed by atoms with Crippen LogP contribution in [0.25, 0.3) is 0 Å². The lowest BCUT2D eigenvalue weighted by molar-refractivity contribution is 0.0771. The second-order valence-corrected chi connectivity index (χ2v) is 8.43. The average molecular weight is 401 g/mol. The highest BCUT2D eigenvalue weighted by Crippen LogP contribution is 2.45. The van der Waals surface area contributed by atoms with Crippen LogP contribution in [0, 0.1) is 11.8 Å². The predicted molar refractivity (Wildman–Crippen MR) is 107 cm³/mol. The van der Waals surface area contributed by atoms with Gasteiger partial charge in [0.1, 0.15) is 10.6 Å². The summed E-state index contributed by atoms with van der Waals surface area (Å²) in [6.07, 6.45) is 1.63. The Hall–Kier alpha value is -2.61. The summed E-state index contributed by atoms with van der Waals surface area (Å²) in [5.74, 6) is 1.31. The fourth-order valence-electron chi connectivity index (χ4n) is 4.37. The van der Waals surface area contributed by atoms with Crippen LogP contribution in [-0.4, -0.2) is 72.5 Å². The van der Waals surface area contributed by atoms with Crippen molar-refractivity contribution in [3.63, 3.8) is 0 Å². The normalized spacial score (nSPS) is 23.6. The Kier molecular flexibility index (Phi) is 4.97. The lowest BCUT2D eigenvalue weighted by Gasteiger charge is -2.31. The molecule has 2 saturated heterocycles. The van der Waals surface area contributed by atoms with E-state index < -0.39 is 0 Å². The SMILES string of the molecule is COc1ccc([C@H]2[C@@H]3CN(C(=O)c4cncs4)C[C@@H]3CN2C(=O)N(C)C)cc1. The minimum Gasteiger partial charge on any atom is -0.497 e. The van der Waals surface area contributed by atoms with Gasteiger partial charge in [0.15, 0.2) is 0 Å². The molecule has 3 atom stereocenters. The van der Waals surface area contributed by atoms with Gasteiger partial charge in [-0.3, -0.25) is 9.78 Å². The summed E-state index contributed by atoms with van der Waals surface area (Å²) >= 11 is 1.37. The molecule has 1 aromatic heterocycles. The van der Waals surface area contributed by atoms with E-state index in [1.165, 1.54) is 11.3 Å². The smallest absolute Gasteiger partial charge is 0.320 e. The highest BCUT2D eigenvalue weighted by atomic mass is 32.1. The van der Waals surface area contributed by atoms with Crippen LogP contribution in [0.15, 0.2) is 36.0 Å². The second-order valence-electron chi connectivity index (χ2n) is 7.55. The van der Waals surface area contributed by atoms with Gasteiger partial charge in [-0.05, 0) is 17.7 Å². The summed E-state index contributed by atoms with van der Waals surface area (Å²) in [6.45, 7) is 1.98. The molecule has 2 aliphatic heterocycles. The lowest BCUT2D eigenvalue weighted by atomic mass is 9.89. The van der Waals surface area contributed by atoms with Crippen LogP contribution in [-0.2, 0) is 0 Å². The molecule has 0 spiro atoms. The molecular formula is C20H24N4O3S. The topological polar surface area (TPSA) is 66.0 Å². The van der Waals surface area contributed by atoms with Gasteiger partial charge in [-0.25, -0.2) is 4.79 Å². The van der Waals surface area contributed by atoms with E-state index in [4.69, 9.17) is 4.74 Å². The van der Waals surface area contributed by atoms with Gasteiger partial charge in [0, 0.05) is 45.6 Å². The van der Waals surface area contributed by atoms with Crippen molar-refractivity contribution >= 4 is 23.3 Å². The van der Waals surface area contributed by atoms with Gasteiger partial charge in [-0.1, -0.05) is 12.1 Å². The molecule has 2 fully saturated rings. The molecule has 0 unspecified atom stereocenters. The third-order valence-corrected chi connectivity index (χ3v) is 6.44. The zero-order valence-corrected chi connectivity index (χ0v) is 17.1. The van der Waals surface area contributed by atoms with Crippen LogP contribution in [0.3, 0.4) is 0 Å². The number of thiazole rings is 1. The third kappa shape index (κ3) is 3.22. The number of nitrogens with zero attached hydrogens (tertiary/aromatic N) is 4. The van der Waals surface area contributed by atoms with Crippen molar-refractivity contribution in [2.45, 2.75) is 6.04 Å². The van der Waals surface area contributed by atoms with Crippen molar-refractivity contribution < 1.29 is 14.3 Å². The number of urea groups is 1. The number of benzene rings is 1. The first-order valence-electron chi connectivity index (χ1n) is 9.29. The molecule has 148 valence electrons. The summed E-state index contributed by atoms with van der Waals surface area (Å²) in [4.78, 5) is 35.8. The summed E-state index contributed by atoms with van der Waals surface area (Å²) in [7, 11) is 5.20. The van der Waals surface area contributed by atoms with E-state index in [1.807, 2.05) is 34.1 Å². The molecule has 3 heterocycles. The average Bonchev–Trinajstić information content (AvgIpc) is 3.42. The molecule has 1 aromatic carbocycles. The Labute approximate surface area is 168 Å². The second kappa shape index (κ2) is 7.43. The minimum atomic E-state index is -0.0509. The quantitative estimate of drug-likeness (QED) is 0.794. The van der Waals surface area contributed by atoms with Gasteiger partial charge in [0.2, 0.25) is 0 Å². The number of amides is 3. The van der Waals surface area contributed by atoms with E-state index in [2.05, 4.69) is 4.98 Å². The molecule has 8 heteroatoms. The number of hydrogen-bond donors (Lipinski definition) is 0. The standard InChI is InChI=1S/C20H24N4O3S/c1-22(2)20(26)24-10-14-9-23(19(25)17-8-21-12-28-17)11-16(14)18(24)13-4-6-15(27-3)7-5-13/h4-8,12,14,16,18H,9-11H2,1-3H3/t14-,16-,18+/m1/s1. The number of carbonyl (C=O) groups is 2. The van der Waals surface area contributed by atoms with Crippen molar-refractivity contribution in [2.75, 3.05) is 40.8 Å². The van der Waals surface area contributed by atoms with Gasteiger partial charge >= 0.3 is 6.03 Å². The number of ether oxygens (including phenoxy) is 1. The summed E-state index contributed by atoms with van der Waals surface area (Å²) < 4.78 is 5.27. The molecule has 0 saturated carbocycles. The fraction of sp³-hybridized carbons (Fsp3) is 0.450. The zero-order chi connectivity index (χ0) is 19.8. The third-order valence-electron chi connectivity index (χ3n) is 5.68.